The van der Waals surface area contributed by atoms with Crippen LogP contribution in [-0.4, -0.2) is 65.0 Å². The average molecular weight is 368 g/mol. The third kappa shape index (κ3) is 3.37. The monoisotopic (exact) mass is 367 g/mol. The number of amides is 3. The average Bonchev–Trinajstić information content (AvgIpc) is 2.59. The molecule has 0 aliphatic carbocycles. The van der Waals surface area contributed by atoms with E-state index in [-0.39, 0.29) is 17.2 Å². The third-order valence-electron chi connectivity index (χ3n) is 4.24. The molecule has 1 N–H and O–H groups in total. The number of nitrogens with zero attached hydrogens (tertiary/aromatic N) is 2. The maximum Gasteiger partial charge on any atom is 0.312 e. The summed E-state index contributed by atoms with van der Waals surface area (Å²) < 4.78 is 0. The van der Waals surface area contributed by atoms with E-state index in [9.17, 15) is 14.4 Å². The molecule has 1 aromatic carbocycles. The number of halogens is 1. The van der Waals surface area contributed by atoms with Crippen LogP contribution in [0.5, 0.6) is 0 Å². The number of fused-ring (bicyclic) bond motifs is 1. The summed E-state index contributed by atoms with van der Waals surface area (Å²) >= 11 is 7.58. The quantitative estimate of drug-likeness (QED) is 0.639. The lowest BCUT2D eigenvalue weighted by Gasteiger charge is -2.43. The van der Waals surface area contributed by atoms with E-state index in [0.717, 1.165) is 4.90 Å². The summed E-state index contributed by atoms with van der Waals surface area (Å²) in [4.78, 5) is 40.2. The van der Waals surface area contributed by atoms with Crippen LogP contribution in [0.25, 0.3) is 0 Å². The third-order valence-corrected chi connectivity index (χ3v) is 5.84. The molecule has 2 heterocycles. The smallest absolute Gasteiger partial charge is 0.312 e. The van der Waals surface area contributed by atoms with Crippen LogP contribution in [0.3, 0.4) is 0 Å². The Balaban J connectivity index is 1.63. The molecular weight excluding hydrogens is 350 g/mol. The van der Waals surface area contributed by atoms with Crippen molar-refractivity contribution in [3.63, 3.8) is 0 Å². The van der Waals surface area contributed by atoms with Crippen molar-refractivity contribution in [2.45, 2.75) is 23.1 Å². The van der Waals surface area contributed by atoms with Crippen LogP contribution in [-0.2, 0) is 14.4 Å². The Labute approximate surface area is 149 Å². The first-order valence-corrected chi connectivity index (χ1v) is 9.02. The molecule has 0 spiro atoms. The fourth-order valence-electron chi connectivity index (χ4n) is 2.95. The topological polar surface area (TPSA) is 69.7 Å². The first-order chi connectivity index (χ1) is 11.5. The lowest BCUT2D eigenvalue weighted by molar-refractivity contribution is -0.154. The number of piperazine rings is 2. The number of benzene rings is 1. The molecule has 3 rings (SSSR count). The molecule has 0 aromatic heterocycles. The lowest BCUT2D eigenvalue weighted by Crippen LogP contribution is -2.66. The van der Waals surface area contributed by atoms with Crippen molar-refractivity contribution in [3.8, 4) is 0 Å². The molecule has 24 heavy (non-hydrogen) atoms. The Morgan fingerprint density at radius 1 is 1.33 bits per heavy atom. The first-order valence-electron chi connectivity index (χ1n) is 7.76. The predicted octanol–water partition coefficient (Wildman–Crippen LogP) is 0.990. The van der Waals surface area contributed by atoms with Gasteiger partial charge in [0.1, 0.15) is 0 Å². The summed E-state index contributed by atoms with van der Waals surface area (Å²) in [7, 11) is 0. The van der Waals surface area contributed by atoms with Crippen molar-refractivity contribution in [2.75, 3.05) is 26.2 Å². The second-order valence-corrected chi connectivity index (χ2v) is 7.63. The van der Waals surface area contributed by atoms with Gasteiger partial charge in [-0.3, -0.25) is 14.4 Å². The summed E-state index contributed by atoms with van der Waals surface area (Å²) in [6, 6.07) is 7.29. The highest BCUT2D eigenvalue weighted by Crippen LogP contribution is 2.31. The van der Waals surface area contributed by atoms with Gasteiger partial charge < -0.3 is 15.1 Å². The fourth-order valence-corrected chi connectivity index (χ4v) is 4.19. The van der Waals surface area contributed by atoms with Gasteiger partial charge in [0, 0.05) is 31.1 Å². The van der Waals surface area contributed by atoms with Gasteiger partial charge in [0.05, 0.1) is 16.3 Å². The summed E-state index contributed by atoms with van der Waals surface area (Å²) in [6.07, 6.45) is 0. The second-order valence-electron chi connectivity index (χ2n) is 5.84. The van der Waals surface area contributed by atoms with E-state index in [4.69, 9.17) is 11.6 Å². The van der Waals surface area contributed by atoms with E-state index < -0.39 is 11.8 Å². The van der Waals surface area contributed by atoms with Crippen LogP contribution < -0.4 is 5.32 Å². The van der Waals surface area contributed by atoms with Crippen molar-refractivity contribution >= 4 is 41.1 Å². The number of rotatable bonds is 3. The van der Waals surface area contributed by atoms with Crippen molar-refractivity contribution in [1.29, 1.82) is 0 Å². The van der Waals surface area contributed by atoms with Crippen LogP contribution in [0.1, 0.15) is 6.92 Å². The van der Waals surface area contributed by atoms with Crippen LogP contribution in [0, 0.1) is 0 Å². The normalized spacial score (nSPS) is 22.0. The minimum Gasteiger partial charge on any atom is -0.346 e. The van der Waals surface area contributed by atoms with E-state index in [1.54, 1.807) is 15.9 Å². The van der Waals surface area contributed by atoms with Gasteiger partial charge in [-0.15, -0.1) is 11.8 Å². The van der Waals surface area contributed by atoms with E-state index in [1.165, 1.54) is 11.8 Å². The zero-order valence-electron chi connectivity index (χ0n) is 13.2. The van der Waals surface area contributed by atoms with Crippen LogP contribution >= 0.6 is 23.4 Å². The molecule has 0 bridgehead atoms. The number of carbonyl (C=O) groups is 3. The fraction of sp³-hybridized carbons (Fsp3) is 0.438. The Morgan fingerprint density at radius 2 is 2.08 bits per heavy atom. The zero-order valence-corrected chi connectivity index (χ0v) is 14.8. The molecule has 1 aromatic rings. The van der Waals surface area contributed by atoms with Gasteiger partial charge in [-0.05, 0) is 19.1 Å². The number of thioether (sulfide) groups is 1. The molecule has 2 atom stereocenters. The molecule has 0 unspecified atom stereocenters. The predicted molar refractivity (Wildman–Crippen MR) is 91.9 cm³/mol. The molecule has 2 aliphatic heterocycles. The van der Waals surface area contributed by atoms with Gasteiger partial charge in [0.25, 0.3) is 0 Å². The van der Waals surface area contributed by atoms with Crippen LogP contribution in [0.15, 0.2) is 29.2 Å². The van der Waals surface area contributed by atoms with Crippen molar-refractivity contribution in [2.24, 2.45) is 0 Å². The first kappa shape index (κ1) is 17.1. The molecule has 2 saturated heterocycles. The Hall–Kier alpha value is -1.73. The van der Waals surface area contributed by atoms with Gasteiger partial charge in [0.2, 0.25) is 5.91 Å². The second kappa shape index (κ2) is 7.03. The van der Waals surface area contributed by atoms with E-state index in [1.807, 2.05) is 25.1 Å². The minimum atomic E-state index is -0.561. The Bertz CT molecular complexity index is 684. The van der Waals surface area contributed by atoms with Crippen molar-refractivity contribution < 1.29 is 14.4 Å². The maximum absolute atomic E-state index is 12.7. The van der Waals surface area contributed by atoms with E-state index in [2.05, 4.69) is 5.32 Å². The largest absolute Gasteiger partial charge is 0.346 e. The molecule has 0 radical (unpaired) electrons. The Kier molecular flexibility index (Phi) is 5.01. The van der Waals surface area contributed by atoms with Gasteiger partial charge in [0.15, 0.2) is 0 Å². The minimum absolute atomic E-state index is 0.0175. The highest BCUT2D eigenvalue weighted by molar-refractivity contribution is 8.00. The zero-order chi connectivity index (χ0) is 17.3. The summed E-state index contributed by atoms with van der Waals surface area (Å²) in [5.41, 5.74) is 0. The Morgan fingerprint density at radius 3 is 2.83 bits per heavy atom. The van der Waals surface area contributed by atoms with Gasteiger partial charge in [-0.1, -0.05) is 23.7 Å². The number of hydrogen-bond acceptors (Lipinski definition) is 4. The van der Waals surface area contributed by atoms with Crippen LogP contribution in [0.2, 0.25) is 5.02 Å². The number of carbonyl (C=O) groups excluding carboxylic acids is 3. The highest BCUT2D eigenvalue weighted by Gasteiger charge is 2.39. The van der Waals surface area contributed by atoms with E-state index in [0.29, 0.717) is 31.2 Å². The molecule has 0 saturated carbocycles. The maximum atomic E-state index is 12.7. The molecular formula is C16H18ClN3O3S. The van der Waals surface area contributed by atoms with E-state index >= 15 is 0 Å². The SMILES string of the molecule is C[C@H](Sc1ccccc1Cl)C(=O)N1CCN2C(=O)C(=O)NC[C@@H]2C1. The van der Waals surface area contributed by atoms with Gasteiger partial charge in [-0.25, -0.2) is 0 Å². The molecule has 128 valence electrons. The summed E-state index contributed by atoms with van der Waals surface area (Å²) in [6.45, 7) is 3.53. The van der Waals surface area contributed by atoms with Crippen molar-refractivity contribution in [1.82, 2.24) is 15.1 Å². The molecule has 3 amide bonds. The van der Waals surface area contributed by atoms with Gasteiger partial charge in [-0.2, -0.15) is 0 Å². The van der Waals surface area contributed by atoms with Crippen molar-refractivity contribution in [3.05, 3.63) is 29.3 Å². The lowest BCUT2D eigenvalue weighted by atomic mass is 10.1. The van der Waals surface area contributed by atoms with Gasteiger partial charge >= 0.3 is 11.8 Å². The highest BCUT2D eigenvalue weighted by atomic mass is 35.5. The number of hydrogen-bond donors (Lipinski definition) is 1. The molecule has 8 heteroatoms. The number of nitrogens with one attached hydrogen (secondary N) is 1. The summed E-state index contributed by atoms with van der Waals surface area (Å²) in [5.74, 6) is -1.05. The molecule has 2 aliphatic rings. The molecule has 6 nitrogen and oxygen atoms in total. The standard InChI is InChI=1S/C16H18ClN3O3S/c1-10(24-13-5-3-2-4-12(13)17)15(22)19-6-7-20-11(9-19)8-18-14(21)16(20)23/h2-5,10-11H,6-9H2,1H3,(H,18,21)/t10-,11+/m0/s1. The summed E-state index contributed by atoms with van der Waals surface area (Å²) in [5, 5.41) is 2.94. The molecule has 2 fully saturated rings. The van der Waals surface area contributed by atoms with Crippen LogP contribution in [0.4, 0.5) is 0 Å².